The van der Waals surface area contributed by atoms with E-state index in [4.69, 9.17) is 4.74 Å². The number of ether oxygens (including phenoxy) is 1. The largest absolute Gasteiger partial charge is 0.493 e. The fourth-order valence-electron chi connectivity index (χ4n) is 4.67. The second kappa shape index (κ2) is 10.7. The average Bonchev–Trinajstić information content (AvgIpc) is 2.84. The van der Waals surface area contributed by atoms with Gasteiger partial charge in [-0.3, -0.25) is 9.59 Å². The van der Waals surface area contributed by atoms with E-state index < -0.39 is 28.5 Å². The lowest BCUT2D eigenvalue weighted by atomic mass is 9.75. The Kier molecular flexibility index (Phi) is 7.64. The maximum absolute atomic E-state index is 14.2. The van der Waals surface area contributed by atoms with Gasteiger partial charge in [0, 0.05) is 51.1 Å². The van der Waals surface area contributed by atoms with Crippen molar-refractivity contribution in [3.63, 3.8) is 0 Å². The van der Waals surface area contributed by atoms with Crippen molar-refractivity contribution in [2.45, 2.75) is 19.3 Å². The Labute approximate surface area is 203 Å². The van der Waals surface area contributed by atoms with E-state index in [2.05, 4.69) is 4.90 Å². The highest BCUT2D eigenvalue weighted by Crippen LogP contribution is 2.37. The first kappa shape index (κ1) is 25.0. The van der Waals surface area contributed by atoms with Gasteiger partial charge in [0.15, 0.2) is 0 Å². The van der Waals surface area contributed by atoms with Gasteiger partial charge >= 0.3 is 0 Å². The first-order valence-electron chi connectivity index (χ1n) is 11.8. The van der Waals surface area contributed by atoms with Crippen molar-refractivity contribution < 1.29 is 27.5 Å². The van der Waals surface area contributed by atoms with Crippen molar-refractivity contribution in [1.82, 2.24) is 14.7 Å². The molecular weight excluding hydrogens is 459 g/mol. The van der Waals surface area contributed by atoms with Crippen molar-refractivity contribution in [1.29, 1.82) is 0 Å². The van der Waals surface area contributed by atoms with Crippen LogP contribution in [0.2, 0.25) is 0 Å². The zero-order valence-corrected chi connectivity index (χ0v) is 19.8. The predicted octanol–water partition coefficient (Wildman–Crippen LogP) is 3.57. The molecule has 2 fully saturated rings. The van der Waals surface area contributed by atoms with E-state index >= 15 is 0 Å². The normalized spacial score (nSPS) is 18.4. The van der Waals surface area contributed by atoms with Crippen LogP contribution in [0.5, 0.6) is 5.75 Å². The number of benzene rings is 2. The number of rotatable bonds is 6. The van der Waals surface area contributed by atoms with Crippen molar-refractivity contribution >= 4 is 11.8 Å². The van der Waals surface area contributed by atoms with Gasteiger partial charge in [-0.1, -0.05) is 6.07 Å². The summed E-state index contributed by atoms with van der Waals surface area (Å²) >= 11 is 0. The highest BCUT2D eigenvalue weighted by atomic mass is 19.1. The highest BCUT2D eigenvalue weighted by Gasteiger charge is 2.40. The Morgan fingerprint density at radius 1 is 0.857 bits per heavy atom. The van der Waals surface area contributed by atoms with Crippen LogP contribution in [-0.4, -0.2) is 79.4 Å². The van der Waals surface area contributed by atoms with Crippen LogP contribution in [0, 0.1) is 22.9 Å². The van der Waals surface area contributed by atoms with E-state index in [9.17, 15) is 22.8 Å². The van der Waals surface area contributed by atoms with Crippen LogP contribution in [0.25, 0.3) is 0 Å². The van der Waals surface area contributed by atoms with Gasteiger partial charge in [-0.05, 0) is 56.3 Å². The molecule has 0 saturated carbocycles. The first-order chi connectivity index (χ1) is 16.8. The van der Waals surface area contributed by atoms with E-state index in [0.717, 1.165) is 25.2 Å². The van der Waals surface area contributed by atoms with Gasteiger partial charge in [0.1, 0.15) is 28.8 Å². The van der Waals surface area contributed by atoms with Crippen molar-refractivity contribution in [3.8, 4) is 5.75 Å². The lowest BCUT2D eigenvalue weighted by molar-refractivity contribution is -0.136. The summed E-state index contributed by atoms with van der Waals surface area (Å²) in [5.41, 5.74) is -1.12. The number of carbonyl (C=O) groups is 2. The smallest absolute Gasteiger partial charge is 0.259 e. The van der Waals surface area contributed by atoms with Crippen molar-refractivity contribution in [2.75, 3.05) is 52.9 Å². The minimum atomic E-state index is -0.892. The SMILES string of the molecule is CN1CCN(C(=O)CC2(COc3ccc(F)cc3)CCN(C(=O)c3c(F)cccc3F)CC2)CC1. The summed E-state index contributed by atoms with van der Waals surface area (Å²) in [5, 5.41) is 0. The molecule has 6 nitrogen and oxygen atoms in total. The number of piperidine rings is 1. The van der Waals surface area contributed by atoms with E-state index in [1.807, 2.05) is 11.9 Å². The Bertz CT molecular complexity index is 1030. The van der Waals surface area contributed by atoms with Crippen molar-refractivity contribution in [2.24, 2.45) is 5.41 Å². The molecule has 35 heavy (non-hydrogen) atoms. The monoisotopic (exact) mass is 489 g/mol. The van der Waals surface area contributed by atoms with Gasteiger partial charge in [-0.2, -0.15) is 0 Å². The molecule has 0 atom stereocenters. The lowest BCUT2D eigenvalue weighted by Crippen LogP contribution is -2.51. The van der Waals surface area contributed by atoms with Gasteiger partial charge in [0.05, 0.1) is 6.61 Å². The summed E-state index contributed by atoms with van der Waals surface area (Å²) in [5.74, 6) is -2.33. The number of likely N-dealkylation sites (tertiary alicyclic amines) is 1. The maximum Gasteiger partial charge on any atom is 0.259 e. The van der Waals surface area contributed by atoms with E-state index in [0.29, 0.717) is 31.7 Å². The molecule has 2 aromatic carbocycles. The Morgan fingerprint density at radius 2 is 1.46 bits per heavy atom. The van der Waals surface area contributed by atoms with Crippen LogP contribution in [0.3, 0.4) is 0 Å². The third kappa shape index (κ3) is 5.96. The molecular formula is C26H30F3N3O3. The molecule has 2 aromatic rings. The van der Waals surface area contributed by atoms with E-state index in [1.165, 1.54) is 35.2 Å². The van der Waals surface area contributed by atoms with Crippen LogP contribution in [0.1, 0.15) is 29.6 Å². The topological polar surface area (TPSA) is 53.1 Å². The van der Waals surface area contributed by atoms with E-state index in [1.54, 1.807) is 0 Å². The quantitative estimate of drug-likeness (QED) is 0.623. The summed E-state index contributed by atoms with van der Waals surface area (Å²) in [6, 6.07) is 9.03. The maximum atomic E-state index is 14.2. The zero-order valence-electron chi connectivity index (χ0n) is 19.8. The number of hydrogen-bond donors (Lipinski definition) is 0. The minimum absolute atomic E-state index is 0.0285. The summed E-state index contributed by atoms with van der Waals surface area (Å²) in [4.78, 5) is 31.5. The number of hydrogen-bond acceptors (Lipinski definition) is 4. The number of piperazine rings is 1. The van der Waals surface area contributed by atoms with Crippen molar-refractivity contribution in [3.05, 3.63) is 65.5 Å². The minimum Gasteiger partial charge on any atom is -0.493 e. The molecule has 0 unspecified atom stereocenters. The fourth-order valence-corrected chi connectivity index (χ4v) is 4.67. The van der Waals surface area contributed by atoms with Crippen LogP contribution >= 0.6 is 0 Å². The zero-order chi connectivity index (χ0) is 25.0. The summed E-state index contributed by atoms with van der Waals surface area (Å²) in [6.07, 6.45) is 1.12. The molecule has 2 aliphatic heterocycles. The van der Waals surface area contributed by atoms with Gasteiger partial charge in [-0.25, -0.2) is 13.2 Å². The number of halogens is 3. The lowest BCUT2D eigenvalue weighted by Gasteiger charge is -2.42. The Morgan fingerprint density at radius 3 is 2.06 bits per heavy atom. The Balaban J connectivity index is 1.47. The molecule has 0 bridgehead atoms. The first-order valence-corrected chi connectivity index (χ1v) is 11.8. The van der Waals surface area contributed by atoms with Crippen LogP contribution in [0.4, 0.5) is 13.2 Å². The van der Waals surface area contributed by atoms with Gasteiger partial charge in [0.2, 0.25) is 5.91 Å². The molecule has 0 radical (unpaired) electrons. The summed E-state index contributed by atoms with van der Waals surface area (Å²) < 4.78 is 47.6. The fraction of sp³-hybridized carbons (Fsp3) is 0.462. The van der Waals surface area contributed by atoms with Gasteiger partial charge in [0.25, 0.3) is 5.91 Å². The van der Waals surface area contributed by atoms with Gasteiger partial charge in [-0.15, -0.1) is 0 Å². The Hall–Kier alpha value is -3.07. The second-order valence-electron chi connectivity index (χ2n) is 9.49. The third-order valence-electron chi connectivity index (χ3n) is 7.03. The molecule has 2 heterocycles. The molecule has 0 spiro atoms. The average molecular weight is 490 g/mol. The second-order valence-corrected chi connectivity index (χ2v) is 9.49. The standard InChI is InChI=1S/C26H30F3N3O3/c1-30-13-15-31(16-14-30)23(33)17-26(18-35-20-7-5-19(27)6-8-20)9-11-32(12-10-26)25(34)24-21(28)3-2-4-22(24)29/h2-8H,9-18H2,1H3. The van der Waals surface area contributed by atoms with E-state index in [-0.39, 0.29) is 37.8 Å². The van der Waals surface area contributed by atoms with Gasteiger partial charge < -0.3 is 19.4 Å². The molecule has 0 aromatic heterocycles. The summed E-state index contributed by atoms with van der Waals surface area (Å²) in [7, 11) is 2.02. The number of likely N-dealkylation sites (N-methyl/N-ethyl adjacent to an activating group) is 1. The number of amides is 2. The van der Waals surface area contributed by atoms with Crippen LogP contribution in [0.15, 0.2) is 42.5 Å². The summed E-state index contributed by atoms with van der Waals surface area (Å²) in [6.45, 7) is 3.63. The number of nitrogens with zero attached hydrogens (tertiary/aromatic N) is 3. The molecule has 0 aliphatic carbocycles. The molecule has 188 valence electrons. The molecule has 2 saturated heterocycles. The third-order valence-corrected chi connectivity index (χ3v) is 7.03. The molecule has 9 heteroatoms. The molecule has 4 rings (SSSR count). The molecule has 2 aliphatic rings. The number of carbonyl (C=O) groups excluding carboxylic acids is 2. The molecule has 0 N–H and O–H groups in total. The van der Waals surface area contributed by atoms with Crippen LogP contribution in [-0.2, 0) is 4.79 Å². The highest BCUT2D eigenvalue weighted by molar-refractivity contribution is 5.94. The molecule has 2 amide bonds. The predicted molar refractivity (Wildman–Crippen MR) is 125 cm³/mol. The van der Waals surface area contributed by atoms with Crippen LogP contribution < -0.4 is 4.74 Å².